The van der Waals surface area contributed by atoms with E-state index in [0.717, 1.165) is 6.61 Å². The van der Waals surface area contributed by atoms with E-state index in [2.05, 4.69) is 27.7 Å². The first kappa shape index (κ1) is 12.0. The van der Waals surface area contributed by atoms with Crippen LogP contribution in [0.4, 0.5) is 0 Å². The zero-order valence-electron chi connectivity index (χ0n) is 8.02. The molecule has 0 rings (SSSR count). The molecule has 0 aliphatic heterocycles. The summed E-state index contributed by atoms with van der Waals surface area (Å²) in [7, 11) is 0. The van der Waals surface area contributed by atoms with Crippen LogP contribution in [0.3, 0.4) is 0 Å². The van der Waals surface area contributed by atoms with Gasteiger partial charge in [-0.05, 0) is 0 Å². The first-order chi connectivity index (χ1) is 5.06. The van der Waals surface area contributed by atoms with E-state index in [1.165, 1.54) is 12.8 Å². The second-order valence-corrected chi connectivity index (χ2v) is 5.42. The number of hydrogen-bond acceptors (Lipinski definition) is 2. The van der Waals surface area contributed by atoms with Crippen LogP contribution in [0.15, 0.2) is 0 Å². The van der Waals surface area contributed by atoms with Gasteiger partial charge in [-0.1, -0.05) is 0 Å². The van der Waals surface area contributed by atoms with E-state index >= 15 is 0 Å². The Labute approximate surface area is 86.7 Å². The Hall–Kier alpha value is 1.02. The van der Waals surface area contributed by atoms with Gasteiger partial charge in [-0.3, -0.25) is 0 Å². The van der Waals surface area contributed by atoms with Crippen molar-refractivity contribution in [3.8, 4) is 0 Å². The molecule has 11 heavy (non-hydrogen) atoms. The summed E-state index contributed by atoms with van der Waals surface area (Å²) in [5.74, 6) is 0. The second kappa shape index (κ2) is 6.53. The molecule has 0 aliphatic rings. The predicted molar refractivity (Wildman–Crippen MR) is 41.7 cm³/mol. The monoisotopic (exact) mass is 235 g/mol. The van der Waals surface area contributed by atoms with Crippen molar-refractivity contribution in [2.24, 2.45) is 0 Å². The molecule has 0 bridgehead atoms. The minimum atomic E-state index is -1.13. The molecule has 0 aromatic heterocycles. The third-order valence-electron chi connectivity index (χ3n) is 1.09. The Morgan fingerprint density at radius 1 is 1.27 bits per heavy atom. The van der Waals surface area contributed by atoms with Gasteiger partial charge < -0.3 is 0 Å². The van der Waals surface area contributed by atoms with E-state index in [9.17, 15) is 0 Å². The topological polar surface area (TPSA) is 18.5 Å². The fraction of sp³-hybridized carbons (Fsp3) is 1.00. The van der Waals surface area contributed by atoms with Crippen molar-refractivity contribution in [2.45, 2.75) is 46.1 Å². The van der Waals surface area contributed by atoms with Gasteiger partial charge in [-0.25, -0.2) is 0 Å². The average Bonchev–Trinajstić information content (AvgIpc) is 1.85. The van der Waals surface area contributed by atoms with Gasteiger partial charge in [0.2, 0.25) is 0 Å². The first-order valence-corrected chi connectivity index (χ1v) is 6.49. The van der Waals surface area contributed by atoms with Crippen LogP contribution in [-0.4, -0.2) is 12.2 Å². The van der Waals surface area contributed by atoms with E-state index in [1.54, 1.807) is 0 Å². The molecular weight excluding hydrogens is 217 g/mol. The van der Waals surface area contributed by atoms with Crippen LogP contribution in [0, 0.1) is 0 Å². The van der Waals surface area contributed by atoms with E-state index in [0.29, 0.717) is 0 Å². The number of unbranched alkanes of at least 4 members (excludes halogenated alkanes) is 1. The summed E-state index contributed by atoms with van der Waals surface area (Å²) in [5, 5.41) is 0. The fourth-order valence-corrected chi connectivity index (χ4v) is 1.98. The average molecular weight is 235 g/mol. The maximum absolute atomic E-state index is 5.54. The molecule has 3 heteroatoms. The van der Waals surface area contributed by atoms with Crippen LogP contribution in [0.2, 0.25) is 0 Å². The summed E-state index contributed by atoms with van der Waals surface area (Å²) in [6, 6.07) is 0. The molecule has 2 nitrogen and oxygen atoms in total. The quantitative estimate of drug-likeness (QED) is 0.682. The standard InChI is InChI=1S/2C4H9O.Y/c1-4(2,3)5;1-2-3-4-5;/h1-3H3;2-4H2,1H3;/q2*-1;+2. The summed E-state index contributed by atoms with van der Waals surface area (Å²) >= 11 is -1.13. The van der Waals surface area contributed by atoms with Crippen molar-refractivity contribution in [3.63, 3.8) is 0 Å². The summed E-state index contributed by atoms with van der Waals surface area (Å²) in [5.41, 5.74) is 0.00728. The zero-order valence-corrected chi connectivity index (χ0v) is 10.9. The third-order valence-corrected chi connectivity index (χ3v) is 3.97. The molecule has 0 aromatic rings. The van der Waals surface area contributed by atoms with Gasteiger partial charge in [0.05, 0.1) is 0 Å². The van der Waals surface area contributed by atoms with Crippen molar-refractivity contribution in [2.75, 3.05) is 6.61 Å². The molecule has 0 fully saturated rings. The Morgan fingerprint density at radius 2 is 1.91 bits per heavy atom. The molecule has 65 valence electrons. The summed E-state index contributed by atoms with van der Waals surface area (Å²) in [6.07, 6.45) is 2.37. The molecule has 0 saturated carbocycles. The van der Waals surface area contributed by atoms with Gasteiger partial charge in [0.15, 0.2) is 0 Å². The van der Waals surface area contributed by atoms with E-state index in [-0.39, 0.29) is 5.60 Å². The molecule has 0 heterocycles. The molecule has 0 saturated heterocycles. The predicted octanol–water partition coefficient (Wildman–Crippen LogP) is 2.53. The van der Waals surface area contributed by atoms with Crippen molar-refractivity contribution in [3.05, 3.63) is 0 Å². The normalized spacial score (nSPS) is 11.3. The summed E-state index contributed by atoms with van der Waals surface area (Å²) in [4.78, 5) is 0. The van der Waals surface area contributed by atoms with Gasteiger partial charge in [0, 0.05) is 0 Å². The van der Waals surface area contributed by atoms with Crippen molar-refractivity contribution in [1.82, 2.24) is 0 Å². The van der Waals surface area contributed by atoms with Crippen molar-refractivity contribution >= 4 is 0 Å². The molecule has 0 atom stereocenters. The zero-order chi connectivity index (χ0) is 8.74. The van der Waals surface area contributed by atoms with E-state index in [1.807, 2.05) is 0 Å². The minimum absolute atomic E-state index is 0.00728. The summed E-state index contributed by atoms with van der Waals surface area (Å²) < 4.78 is 11.0. The van der Waals surface area contributed by atoms with E-state index < -0.39 is 30.2 Å². The van der Waals surface area contributed by atoms with Crippen LogP contribution in [-0.2, 0) is 34.3 Å². The van der Waals surface area contributed by atoms with Crippen LogP contribution < -0.4 is 0 Å². The Morgan fingerprint density at radius 3 is 2.36 bits per heavy atom. The number of hydrogen-bond donors (Lipinski definition) is 0. The van der Waals surface area contributed by atoms with Crippen LogP contribution in [0.1, 0.15) is 40.5 Å². The molecule has 0 aliphatic carbocycles. The van der Waals surface area contributed by atoms with E-state index in [4.69, 9.17) is 4.10 Å². The van der Waals surface area contributed by atoms with Crippen LogP contribution >= 0.6 is 0 Å². The molecule has 0 unspecified atom stereocenters. The van der Waals surface area contributed by atoms with Gasteiger partial charge in [-0.2, -0.15) is 0 Å². The fourth-order valence-electron chi connectivity index (χ4n) is 0.454. The van der Waals surface area contributed by atoms with Crippen molar-refractivity contribution in [1.29, 1.82) is 0 Å². The SMILES string of the molecule is CCCC[O][Y][O]C(C)(C)C. The third kappa shape index (κ3) is 11.0. The maximum atomic E-state index is 5.54. The molecule has 0 N–H and O–H groups in total. The van der Waals surface area contributed by atoms with Crippen LogP contribution in [0.25, 0.3) is 0 Å². The summed E-state index contributed by atoms with van der Waals surface area (Å²) in [6.45, 7) is 9.28. The van der Waals surface area contributed by atoms with Gasteiger partial charge in [0.25, 0.3) is 0 Å². The van der Waals surface area contributed by atoms with Crippen molar-refractivity contribution < 1.29 is 34.3 Å². The van der Waals surface area contributed by atoms with Gasteiger partial charge in [-0.15, -0.1) is 0 Å². The molecule has 0 amide bonds. The Kier molecular flexibility index (Phi) is 7.14. The first-order valence-electron chi connectivity index (χ1n) is 4.17. The molecular formula is C8H18O2Y. The Balaban J connectivity index is 3.02. The number of rotatable bonds is 5. The molecule has 0 aromatic carbocycles. The van der Waals surface area contributed by atoms with Gasteiger partial charge in [0.1, 0.15) is 0 Å². The Bertz CT molecular complexity index is 88.6. The molecule has 0 radical (unpaired) electrons. The second-order valence-electron chi connectivity index (χ2n) is 3.55. The van der Waals surface area contributed by atoms with Crippen LogP contribution in [0.5, 0.6) is 0 Å². The molecule has 0 spiro atoms. The van der Waals surface area contributed by atoms with Gasteiger partial charge >= 0.3 is 87.1 Å².